The first-order chi connectivity index (χ1) is 8.33. The van der Waals surface area contributed by atoms with Crippen LogP contribution in [0, 0.1) is 5.92 Å². The van der Waals surface area contributed by atoms with E-state index >= 15 is 0 Å². The van der Waals surface area contributed by atoms with E-state index < -0.39 is 0 Å². The average molecular weight is 238 g/mol. The van der Waals surface area contributed by atoms with Crippen molar-refractivity contribution in [1.82, 2.24) is 10.2 Å². The van der Waals surface area contributed by atoms with Gasteiger partial charge in [-0.15, -0.1) is 0 Å². The molecule has 2 N–H and O–H groups in total. The van der Waals surface area contributed by atoms with Gasteiger partial charge in [0.15, 0.2) is 0 Å². The van der Waals surface area contributed by atoms with Crippen LogP contribution in [0.5, 0.6) is 0 Å². The molecule has 1 aliphatic heterocycles. The van der Waals surface area contributed by atoms with Crippen LogP contribution in [-0.4, -0.2) is 47.8 Å². The topological polar surface area (TPSA) is 35.5 Å². The third-order valence-electron chi connectivity index (χ3n) is 4.79. The molecule has 3 rings (SSSR count). The van der Waals surface area contributed by atoms with Gasteiger partial charge in [0.05, 0.1) is 6.10 Å². The van der Waals surface area contributed by atoms with Crippen molar-refractivity contribution in [3.05, 3.63) is 0 Å². The van der Waals surface area contributed by atoms with Gasteiger partial charge in [-0.2, -0.15) is 0 Å². The summed E-state index contributed by atoms with van der Waals surface area (Å²) in [6.45, 7) is 2.90. The van der Waals surface area contributed by atoms with Crippen LogP contribution in [0.3, 0.4) is 0 Å². The largest absolute Gasteiger partial charge is 0.390 e. The highest BCUT2D eigenvalue weighted by atomic mass is 16.3. The number of nitrogens with zero attached hydrogens (tertiary/aromatic N) is 1. The second-order valence-electron chi connectivity index (χ2n) is 6.23. The van der Waals surface area contributed by atoms with Gasteiger partial charge < -0.3 is 10.4 Å². The maximum absolute atomic E-state index is 10.1. The quantitative estimate of drug-likeness (QED) is 0.759. The minimum Gasteiger partial charge on any atom is -0.390 e. The Hall–Kier alpha value is -0.120. The summed E-state index contributed by atoms with van der Waals surface area (Å²) in [6.07, 6.45) is 9.44. The zero-order valence-electron chi connectivity index (χ0n) is 10.8. The number of aliphatic hydroxyl groups excluding tert-OH is 1. The summed E-state index contributed by atoms with van der Waals surface area (Å²) in [5, 5.41) is 13.5. The zero-order valence-corrected chi connectivity index (χ0v) is 10.8. The van der Waals surface area contributed by atoms with E-state index in [-0.39, 0.29) is 6.10 Å². The number of hydrogen-bond acceptors (Lipinski definition) is 3. The Morgan fingerprint density at radius 1 is 1.12 bits per heavy atom. The van der Waals surface area contributed by atoms with E-state index in [4.69, 9.17) is 0 Å². The van der Waals surface area contributed by atoms with Crippen LogP contribution in [0.15, 0.2) is 0 Å². The second-order valence-corrected chi connectivity index (χ2v) is 6.23. The standard InChI is InChI=1S/C14H26N2O/c17-13(9-15-12-5-6-12)10-16-8-7-11-3-1-2-4-14(11)16/h11-15,17H,1-10H2. The van der Waals surface area contributed by atoms with E-state index in [1.54, 1.807) is 0 Å². The van der Waals surface area contributed by atoms with Gasteiger partial charge in [-0.3, -0.25) is 4.90 Å². The molecular formula is C14H26N2O. The van der Waals surface area contributed by atoms with Crippen LogP contribution in [-0.2, 0) is 0 Å². The van der Waals surface area contributed by atoms with Crippen LogP contribution >= 0.6 is 0 Å². The van der Waals surface area contributed by atoms with Crippen molar-refractivity contribution < 1.29 is 5.11 Å². The number of hydrogen-bond donors (Lipinski definition) is 2. The Bertz CT molecular complexity index is 255. The number of fused-ring (bicyclic) bond motifs is 1. The molecule has 2 aliphatic carbocycles. The van der Waals surface area contributed by atoms with Crippen molar-refractivity contribution in [2.45, 2.75) is 63.1 Å². The van der Waals surface area contributed by atoms with Gasteiger partial charge in [0.2, 0.25) is 0 Å². The molecule has 3 nitrogen and oxygen atoms in total. The predicted molar refractivity (Wildman–Crippen MR) is 69.0 cm³/mol. The van der Waals surface area contributed by atoms with Crippen molar-refractivity contribution in [2.75, 3.05) is 19.6 Å². The summed E-state index contributed by atoms with van der Waals surface area (Å²) in [5.74, 6) is 0.937. The van der Waals surface area contributed by atoms with Gasteiger partial charge in [-0.05, 0) is 44.6 Å². The number of aliphatic hydroxyl groups is 1. The molecular weight excluding hydrogens is 212 g/mol. The van der Waals surface area contributed by atoms with Gasteiger partial charge in [0, 0.05) is 25.2 Å². The molecule has 1 saturated heterocycles. The van der Waals surface area contributed by atoms with Gasteiger partial charge >= 0.3 is 0 Å². The zero-order chi connectivity index (χ0) is 11.7. The minimum absolute atomic E-state index is 0.170. The molecule has 3 unspecified atom stereocenters. The van der Waals surface area contributed by atoms with E-state index in [0.717, 1.165) is 25.0 Å². The fourth-order valence-electron chi connectivity index (χ4n) is 3.66. The summed E-state index contributed by atoms with van der Waals surface area (Å²) >= 11 is 0. The van der Waals surface area contributed by atoms with Gasteiger partial charge in [-0.1, -0.05) is 12.8 Å². The summed E-state index contributed by atoms with van der Waals surface area (Å²) in [5.41, 5.74) is 0. The van der Waals surface area contributed by atoms with Crippen LogP contribution in [0.25, 0.3) is 0 Å². The smallest absolute Gasteiger partial charge is 0.0791 e. The van der Waals surface area contributed by atoms with E-state index in [1.807, 2.05) is 0 Å². The fraction of sp³-hybridized carbons (Fsp3) is 1.00. The molecule has 0 bridgehead atoms. The molecule has 0 amide bonds. The molecule has 3 aliphatic rings. The normalized spacial score (nSPS) is 35.8. The van der Waals surface area contributed by atoms with E-state index in [2.05, 4.69) is 10.2 Å². The number of likely N-dealkylation sites (tertiary alicyclic amines) is 1. The lowest BCUT2D eigenvalue weighted by atomic mass is 9.85. The molecule has 0 spiro atoms. The molecule has 0 radical (unpaired) electrons. The number of rotatable bonds is 5. The van der Waals surface area contributed by atoms with E-state index in [1.165, 1.54) is 51.5 Å². The lowest BCUT2D eigenvalue weighted by Crippen LogP contribution is -2.43. The minimum atomic E-state index is -0.170. The maximum Gasteiger partial charge on any atom is 0.0791 e. The molecule has 2 saturated carbocycles. The Morgan fingerprint density at radius 3 is 2.76 bits per heavy atom. The van der Waals surface area contributed by atoms with Crippen LogP contribution in [0.1, 0.15) is 44.9 Å². The maximum atomic E-state index is 10.1. The Kier molecular flexibility index (Phi) is 3.69. The highest BCUT2D eigenvalue weighted by Crippen LogP contribution is 2.35. The Morgan fingerprint density at radius 2 is 1.94 bits per heavy atom. The fourth-order valence-corrected chi connectivity index (χ4v) is 3.66. The Balaban J connectivity index is 1.43. The number of β-amino-alcohol motifs (C(OH)–C–C–N with tert-alkyl or cyclic N) is 1. The summed E-state index contributed by atoms with van der Waals surface area (Å²) < 4.78 is 0. The highest BCUT2D eigenvalue weighted by Gasteiger charge is 2.36. The lowest BCUT2D eigenvalue weighted by molar-refractivity contribution is 0.0884. The van der Waals surface area contributed by atoms with Crippen LogP contribution in [0.2, 0.25) is 0 Å². The summed E-state index contributed by atoms with van der Waals surface area (Å²) in [7, 11) is 0. The molecule has 17 heavy (non-hydrogen) atoms. The lowest BCUT2D eigenvalue weighted by Gasteiger charge is -2.32. The molecule has 3 fully saturated rings. The molecule has 1 heterocycles. The summed E-state index contributed by atoms with van der Waals surface area (Å²) in [4.78, 5) is 2.56. The first-order valence-electron chi connectivity index (χ1n) is 7.48. The van der Waals surface area contributed by atoms with Crippen molar-refractivity contribution in [3.8, 4) is 0 Å². The monoisotopic (exact) mass is 238 g/mol. The van der Waals surface area contributed by atoms with E-state index in [0.29, 0.717) is 6.04 Å². The predicted octanol–water partition coefficient (Wildman–Crippen LogP) is 1.36. The Labute approximate surface area is 105 Å². The molecule has 0 aromatic heterocycles. The van der Waals surface area contributed by atoms with Crippen molar-refractivity contribution in [3.63, 3.8) is 0 Å². The van der Waals surface area contributed by atoms with Crippen LogP contribution in [0.4, 0.5) is 0 Å². The van der Waals surface area contributed by atoms with Crippen molar-refractivity contribution in [1.29, 1.82) is 0 Å². The van der Waals surface area contributed by atoms with Crippen molar-refractivity contribution in [2.24, 2.45) is 5.92 Å². The van der Waals surface area contributed by atoms with E-state index in [9.17, 15) is 5.11 Å². The molecule has 3 atom stereocenters. The molecule has 0 aromatic carbocycles. The second kappa shape index (κ2) is 5.25. The molecule has 3 heteroatoms. The number of nitrogens with one attached hydrogen (secondary N) is 1. The first kappa shape index (κ1) is 11.9. The first-order valence-corrected chi connectivity index (χ1v) is 7.48. The van der Waals surface area contributed by atoms with Gasteiger partial charge in [0.25, 0.3) is 0 Å². The van der Waals surface area contributed by atoms with Gasteiger partial charge in [-0.25, -0.2) is 0 Å². The third-order valence-corrected chi connectivity index (χ3v) is 4.79. The molecule has 0 aromatic rings. The SMILES string of the molecule is OC(CNC1CC1)CN1CCC2CCCCC21. The average Bonchev–Trinajstić information content (AvgIpc) is 3.10. The van der Waals surface area contributed by atoms with Crippen molar-refractivity contribution >= 4 is 0 Å². The third kappa shape index (κ3) is 3.01. The van der Waals surface area contributed by atoms with Crippen LogP contribution < -0.4 is 5.32 Å². The molecule has 98 valence electrons. The van der Waals surface area contributed by atoms with Gasteiger partial charge in [0.1, 0.15) is 0 Å². The highest BCUT2D eigenvalue weighted by molar-refractivity contribution is 4.91. The summed E-state index contributed by atoms with van der Waals surface area (Å²) in [6, 6.07) is 1.50.